The lowest BCUT2D eigenvalue weighted by molar-refractivity contribution is -0.116. The summed E-state index contributed by atoms with van der Waals surface area (Å²) in [6.07, 6.45) is -0.558. The molecule has 1 atom stereocenters. The second kappa shape index (κ2) is 7.77. The zero-order chi connectivity index (χ0) is 20.7. The summed E-state index contributed by atoms with van der Waals surface area (Å²) >= 11 is 4.93. The zero-order valence-electron chi connectivity index (χ0n) is 16.0. The lowest BCUT2D eigenvalue weighted by atomic mass is 10.1. The molecule has 30 heavy (non-hydrogen) atoms. The monoisotopic (exact) mass is 480 g/mol. The predicted molar refractivity (Wildman–Crippen MR) is 121 cm³/mol. The van der Waals surface area contributed by atoms with E-state index in [-0.39, 0.29) is 5.91 Å². The fourth-order valence-corrected chi connectivity index (χ4v) is 4.32. The Labute approximate surface area is 185 Å². The first-order valence-corrected chi connectivity index (χ1v) is 11.3. The molecule has 2 aliphatic heterocycles. The predicted octanol–water partition coefficient (Wildman–Crippen LogP) is 3.61. The van der Waals surface area contributed by atoms with Gasteiger partial charge >= 0.3 is 0 Å². The standard InChI is InChI=1S/C22H17BrN4O2S/c1-2-30-22-25-21(28)19-15-5-3-4-6-16(15)24-20(27(19)26-22)18-12-11-17(29-18)13-7-9-14(23)10-8-13/h3-12,20H,2H2,1H3,(H,25,26,28)/t20-/m1/s1. The normalized spacial score (nSPS) is 17.6. The van der Waals surface area contributed by atoms with E-state index in [9.17, 15) is 4.79 Å². The van der Waals surface area contributed by atoms with Gasteiger partial charge in [-0.2, -0.15) is 0 Å². The summed E-state index contributed by atoms with van der Waals surface area (Å²) in [6, 6.07) is 19.3. The van der Waals surface area contributed by atoms with Crippen molar-refractivity contribution in [1.29, 1.82) is 0 Å². The summed E-state index contributed by atoms with van der Waals surface area (Å²) in [5.41, 5.74) is 1.44. The SMILES string of the molecule is CCSC1=NN2C(=c3ccccc3=N[C@H]2c2ccc(-c3ccc(Br)cc3)o2)C(=O)N1. The van der Waals surface area contributed by atoms with E-state index in [1.165, 1.54) is 11.8 Å². The summed E-state index contributed by atoms with van der Waals surface area (Å²) < 4.78 is 7.18. The number of hydrogen-bond donors (Lipinski definition) is 1. The summed E-state index contributed by atoms with van der Waals surface area (Å²) in [5.74, 6) is 1.98. The third-order valence-corrected chi connectivity index (χ3v) is 6.08. The largest absolute Gasteiger partial charge is 0.457 e. The molecular formula is C22H17BrN4O2S. The van der Waals surface area contributed by atoms with Gasteiger partial charge in [0.15, 0.2) is 10.9 Å². The molecule has 0 saturated heterocycles. The Morgan fingerprint density at radius 1 is 1.13 bits per heavy atom. The number of carbonyl (C=O) groups is 1. The Bertz CT molecular complexity index is 1280. The van der Waals surface area contributed by atoms with E-state index in [1.54, 1.807) is 5.01 Å². The van der Waals surface area contributed by atoms with Gasteiger partial charge in [0.25, 0.3) is 5.91 Å². The highest BCUT2D eigenvalue weighted by Crippen LogP contribution is 2.34. The number of nitrogens with one attached hydrogen (secondary N) is 1. The van der Waals surface area contributed by atoms with Crippen LogP contribution in [0.15, 0.2) is 79.6 Å². The highest BCUT2D eigenvalue weighted by Gasteiger charge is 2.35. The number of carbonyl (C=O) groups excluding carboxylic acids is 1. The molecule has 0 radical (unpaired) electrons. The van der Waals surface area contributed by atoms with Crippen LogP contribution >= 0.6 is 27.7 Å². The van der Waals surface area contributed by atoms with Gasteiger partial charge in [-0.15, -0.1) is 5.10 Å². The van der Waals surface area contributed by atoms with Crippen LogP contribution in [0.3, 0.4) is 0 Å². The van der Waals surface area contributed by atoms with Crippen LogP contribution in [0.1, 0.15) is 18.8 Å². The van der Waals surface area contributed by atoms with Crippen molar-refractivity contribution in [2.75, 3.05) is 5.75 Å². The molecule has 0 fully saturated rings. The van der Waals surface area contributed by atoms with E-state index in [4.69, 9.17) is 9.41 Å². The second-order valence-electron chi connectivity index (χ2n) is 6.71. The minimum atomic E-state index is -0.558. The fraction of sp³-hybridized carbons (Fsp3) is 0.136. The summed E-state index contributed by atoms with van der Waals surface area (Å²) in [5, 5.41) is 11.3. The maximum atomic E-state index is 13.0. The van der Waals surface area contributed by atoms with E-state index in [0.29, 0.717) is 16.6 Å². The Balaban J connectivity index is 1.63. The molecule has 0 unspecified atom stereocenters. The highest BCUT2D eigenvalue weighted by molar-refractivity contribution is 9.10. The number of amides is 1. The van der Waals surface area contributed by atoms with Gasteiger partial charge in [-0.3, -0.25) is 10.1 Å². The number of hydrogen-bond acceptors (Lipinski definition) is 6. The van der Waals surface area contributed by atoms with Crippen LogP contribution in [0.25, 0.3) is 17.0 Å². The molecule has 1 amide bonds. The van der Waals surface area contributed by atoms with Crippen molar-refractivity contribution in [2.24, 2.45) is 10.1 Å². The topological polar surface area (TPSA) is 70.2 Å². The van der Waals surface area contributed by atoms with Gasteiger partial charge in [0.05, 0.1) is 5.36 Å². The second-order valence-corrected chi connectivity index (χ2v) is 8.88. The van der Waals surface area contributed by atoms with Gasteiger partial charge in [-0.05, 0) is 36.1 Å². The average Bonchev–Trinajstić information content (AvgIpc) is 3.23. The van der Waals surface area contributed by atoms with Crippen LogP contribution in [0.5, 0.6) is 0 Å². The van der Waals surface area contributed by atoms with Crippen LogP contribution in [0.2, 0.25) is 0 Å². The van der Waals surface area contributed by atoms with E-state index < -0.39 is 6.17 Å². The lowest BCUT2D eigenvalue weighted by Crippen LogP contribution is -2.50. The van der Waals surface area contributed by atoms with Gasteiger partial charge in [-0.25, -0.2) is 10.0 Å². The van der Waals surface area contributed by atoms with Gasteiger partial charge in [0, 0.05) is 15.3 Å². The first kappa shape index (κ1) is 19.1. The van der Waals surface area contributed by atoms with Crippen molar-refractivity contribution in [2.45, 2.75) is 13.1 Å². The number of nitrogens with zero attached hydrogens (tertiary/aromatic N) is 3. The molecule has 150 valence electrons. The molecule has 0 aliphatic carbocycles. The maximum Gasteiger partial charge on any atom is 0.276 e. The van der Waals surface area contributed by atoms with Crippen LogP contribution in [-0.2, 0) is 4.79 Å². The van der Waals surface area contributed by atoms with Crippen LogP contribution < -0.4 is 15.9 Å². The molecule has 2 aromatic carbocycles. The third-order valence-electron chi connectivity index (χ3n) is 4.81. The molecule has 2 aliphatic rings. The summed E-state index contributed by atoms with van der Waals surface area (Å²) in [6.45, 7) is 2.02. The Kier molecular flexibility index (Phi) is 4.96. The average molecular weight is 481 g/mol. The number of benzene rings is 2. The number of amidine groups is 1. The number of fused-ring (bicyclic) bond motifs is 2. The van der Waals surface area contributed by atoms with Crippen molar-refractivity contribution >= 4 is 44.5 Å². The number of thioether (sulfide) groups is 1. The maximum absolute atomic E-state index is 13.0. The van der Waals surface area contributed by atoms with Gasteiger partial charge in [0.1, 0.15) is 11.5 Å². The summed E-state index contributed by atoms with van der Waals surface area (Å²) in [7, 11) is 0. The number of furan rings is 1. The lowest BCUT2D eigenvalue weighted by Gasteiger charge is -2.32. The van der Waals surface area contributed by atoms with Gasteiger partial charge < -0.3 is 4.42 Å². The smallest absolute Gasteiger partial charge is 0.276 e. The molecule has 1 N–H and O–H groups in total. The molecule has 0 spiro atoms. The number of para-hydroxylation sites is 1. The van der Waals surface area contributed by atoms with Gasteiger partial charge in [0.2, 0.25) is 6.17 Å². The van der Waals surface area contributed by atoms with E-state index >= 15 is 0 Å². The molecule has 0 bridgehead atoms. The highest BCUT2D eigenvalue weighted by atomic mass is 79.9. The first-order valence-electron chi connectivity index (χ1n) is 9.49. The van der Waals surface area contributed by atoms with Crippen LogP contribution in [-0.4, -0.2) is 21.8 Å². The zero-order valence-corrected chi connectivity index (χ0v) is 18.4. The Hall–Kier alpha value is -2.84. The van der Waals surface area contributed by atoms with Crippen molar-refractivity contribution in [3.63, 3.8) is 0 Å². The molecule has 6 nitrogen and oxygen atoms in total. The number of halogens is 1. The number of hydrazone groups is 1. The quantitative estimate of drug-likeness (QED) is 0.621. The molecular weight excluding hydrogens is 464 g/mol. The molecule has 1 aromatic heterocycles. The fourth-order valence-electron chi connectivity index (χ4n) is 3.48. The van der Waals surface area contributed by atoms with Gasteiger partial charge in [-0.1, -0.05) is 64.9 Å². The van der Waals surface area contributed by atoms with Crippen LogP contribution in [0.4, 0.5) is 0 Å². The van der Waals surface area contributed by atoms with E-state index in [2.05, 4.69) is 26.3 Å². The molecule has 0 saturated carbocycles. The third kappa shape index (κ3) is 3.36. The molecule has 5 rings (SSSR count). The first-order chi connectivity index (χ1) is 14.6. The number of rotatable bonds is 3. The Morgan fingerprint density at radius 3 is 2.73 bits per heavy atom. The van der Waals surface area contributed by atoms with Crippen LogP contribution in [0, 0.1) is 0 Å². The van der Waals surface area contributed by atoms with Crippen molar-refractivity contribution in [3.8, 4) is 11.3 Å². The minimum Gasteiger partial charge on any atom is -0.457 e. The molecule has 8 heteroatoms. The molecule has 3 heterocycles. The van der Waals surface area contributed by atoms with Crippen molar-refractivity contribution in [1.82, 2.24) is 10.3 Å². The summed E-state index contributed by atoms with van der Waals surface area (Å²) in [4.78, 5) is 17.8. The van der Waals surface area contributed by atoms with Crippen molar-refractivity contribution < 1.29 is 9.21 Å². The Morgan fingerprint density at radius 2 is 1.93 bits per heavy atom. The molecule has 3 aromatic rings. The van der Waals surface area contributed by atoms with E-state index in [1.807, 2.05) is 67.6 Å². The van der Waals surface area contributed by atoms with Crippen molar-refractivity contribution in [3.05, 3.63) is 81.5 Å². The minimum absolute atomic E-state index is 0.187. The van der Waals surface area contributed by atoms with E-state index in [0.717, 1.165) is 32.1 Å².